The monoisotopic (exact) mass is 345 g/mol. The van der Waals surface area contributed by atoms with Gasteiger partial charge in [0.05, 0.1) is 25.6 Å². The average molecular weight is 346 g/mol. The van der Waals surface area contributed by atoms with Gasteiger partial charge < -0.3 is 9.47 Å². The molecule has 0 unspecified atom stereocenters. The van der Waals surface area contributed by atoms with Crippen LogP contribution < -0.4 is 14.2 Å². The summed E-state index contributed by atoms with van der Waals surface area (Å²) < 4.78 is 39.1. The van der Waals surface area contributed by atoms with Gasteiger partial charge in [-0.1, -0.05) is 11.6 Å². The molecule has 2 aromatic rings. The van der Waals surface area contributed by atoms with Crippen LogP contribution in [0, 0.1) is 6.92 Å². The largest absolute Gasteiger partial charge is 0.497 e. The first-order valence-electron chi connectivity index (χ1n) is 6.24. The molecule has 120 valence electrons. The van der Waals surface area contributed by atoms with Crippen molar-refractivity contribution < 1.29 is 17.9 Å². The molecule has 0 saturated carbocycles. The molecule has 1 N–H and O–H groups in total. The summed E-state index contributed by atoms with van der Waals surface area (Å²) in [5.41, 5.74) is 0.593. The number of anilines is 1. The fourth-order valence-corrected chi connectivity index (χ4v) is 3.82. The van der Waals surface area contributed by atoms with E-state index in [-0.39, 0.29) is 15.7 Å². The second-order valence-electron chi connectivity index (χ2n) is 4.50. The van der Waals surface area contributed by atoms with Gasteiger partial charge in [-0.3, -0.25) is 9.40 Å². The highest BCUT2D eigenvalue weighted by molar-refractivity contribution is 7.92. The number of rotatable bonds is 5. The molecule has 0 radical (unpaired) electrons. The second kappa shape index (κ2) is 6.05. The number of hydrogen-bond donors (Lipinski definition) is 1. The zero-order valence-corrected chi connectivity index (χ0v) is 14.1. The minimum Gasteiger partial charge on any atom is -0.497 e. The Bertz CT molecular complexity index is 802. The Kier molecular flexibility index (Phi) is 4.52. The van der Waals surface area contributed by atoms with Crippen molar-refractivity contribution in [3.63, 3.8) is 0 Å². The third-order valence-corrected chi connectivity index (χ3v) is 5.08. The van der Waals surface area contributed by atoms with Crippen LogP contribution in [-0.2, 0) is 17.1 Å². The van der Waals surface area contributed by atoms with E-state index in [1.165, 1.54) is 18.9 Å². The molecule has 0 aliphatic carbocycles. The topological polar surface area (TPSA) is 82.5 Å². The van der Waals surface area contributed by atoms with Gasteiger partial charge in [0.25, 0.3) is 10.0 Å². The summed E-state index contributed by atoms with van der Waals surface area (Å²) in [6.45, 7) is 1.58. The van der Waals surface area contributed by atoms with Crippen molar-refractivity contribution in [2.24, 2.45) is 7.05 Å². The van der Waals surface area contributed by atoms with Crippen molar-refractivity contribution in [2.45, 2.75) is 11.8 Å². The summed E-state index contributed by atoms with van der Waals surface area (Å²) in [5.74, 6) is 0.885. The maximum atomic E-state index is 12.5. The number of aryl methyl sites for hydroxylation is 2. The van der Waals surface area contributed by atoms with Crippen molar-refractivity contribution in [3.05, 3.63) is 29.0 Å². The standard InChI is InChI=1S/C13H16ClN3O4S/c1-8-12(13(14)17(2)15-8)22(18,19)16-10-6-5-9(20-3)7-11(10)21-4/h5-7,16H,1-4H3. The quantitative estimate of drug-likeness (QED) is 0.898. The molecule has 7 nitrogen and oxygen atoms in total. The number of hydrogen-bond acceptors (Lipinski definition) is 5. The van der Waals surface area contributed by atoms with Crippen molar-refractivity contribution in [3.8, 4) is 11.5 Å². The SMILES string of the molecule is COc1ccc(NS(=O)(=O)c2c(C)nn(C)c2Cl)c(OC)c1. The van der Waals surface area contributed by atoms with Gasteiger partial charge in [0, 0.05) is 13.1 Å². The van der Waals surface area contributed by atoms with Crippen molar-refractivity contribution in [1.82, 2.24) is 9.78 Å². The highest BCUT2D eigenvalue weighted by atomic mass is 35.5. The first kappa shape index (κ1) is 16.4. The van der Waals surface area contributed by atoms with E-state index in [0.717, 1.165) is 0 Å². The Morgan fingerprint density at radius 1 is 1.27 bits per heavy atom. The van der Waals surface area contributed by atoms with Gasteiger partial charge in [-0.05, 0) is 19.1 Å². The lowest BCUT2D eigenvalue weighted by Gasteiger charge is -2.12. The van der Waals surface area contributed by atoms with E-state index >= 15 is 0 Å². The summed E-state index contributed by atoms with van der Waals surface area (Å²) in [6, 6.07) is 4.75. The fraction of sp³-hybridized carbons (Fsp3) is 0.308. The van der Waals surface area contributed by atoms with Gasteiger partial charge in [-0.2, -0.15) is 5.10 Å². The summed E-state index contributed by atoms with van der Waals surface area (Å²) in [4.78, 5) is -0.0606. The van der Waals surface area contributed by atoms with E-state index in [9.17, 15) is 8.42 Å². The second-order valence-corrected chi connectivity index (χ2v) is 6.48. The predicted octanol–water partition coefficient (Wildman–Crippen LogP) is 2.20. The van der Waals surface area contributed by atoms with Crippen LogP contribution in [0.3, 0.4) is 0 Å². The van der Waals surface area contributed by atoms with Crippen LogP contribution >= 0.6 is 11.6 Å². The van der Waals surface area contributed by atoms with E-state index < -0.39 is 10.0 Å². The van der Waals surface area contributed by atoms with Crippen molar-refractivity contribution >= 4 is 27.3 Å². The van der Waals surface area contributed by atoms with Crippen LogP contribution in [0.25, 0.3) is 0 Å². The Labute approximate surface area is 133 Å². The van der Waals surface area contributed by atoms with Gasteiger partial charge >= 0.3 is 0 Å². The number of ether oxygens (including phenoxy) is 2. The Morgan fingerprint density at radius 3 is 2.45 bits per heavy atom. The third-order valence-electron chi connectivity index (χ3n) is 3.02. The lowest BCUT2D eigenvalue weighted by molar-refractivity contribution is 0.395. The zero-order valence-electron chi connectivity index (χ0n) is 12.5. The van der Waals surface area contributed by atoms with E-state index in [1.807, 2.05) is 0 Å². The van der Waals surface area contributed by atoms with Gasteiger partial charge in [-0.15, -0.1) is 0 Å². The Balaban J connectivity index is 2.45. The minimum atomic E-state index is -3.89. The van der Waals surface area contributed by atoms with E-state index in [2.05, 4.69) is 9.82 Å². The number of nitrogens with one attached hydrogen (secondary N) is 1. The van der Waals surface area contributed by atoms with E-state index in [4.69, 9.17) is 21.1 Å². The predicted molar refractivity (Wildman–Crippen MR) is 83.3 cm³/mol. The smallest absolute Gasteiger partial charge is 0.266 e. The fourth-order valence-electron chi connectivity index (χ4n) is 1.99. The summed E-state index contributed by atoms with van der Waals surface area (Å²) in [5, 5.41) is 4.04. The molecule has 1 aromatic carbocycles. The van der Waals surface area contributed by atoms with Crippen LogP contribution in [0.2, 0.25) is 5.15 Å². The van der Waals surface area contributed by atoms with Gasteiger partial charge in [0.1, 0.15) is 21.5 Å². The first-order valence-corrected chi connectivity index (χ1v) is 8.10. The molecule has 0 fully saturated rings. The number of benzene rings is 1. The zero-order chi connectivity index (χ0) is 16.5. The molecule has 0 saturated heterocycles. The van der Waals surface area contributed by atoms with Crippen LogP contribution in [-0.4, -0.2) is 32.4 Å². The maximum Gasteiger partial charge on any atom is 0.266 e. The van der Waals surface area contributed by atoms with Crippen molar-refractivity contribution in [2.75, 3.05) is 18.9 Å². The van der Waals surface area contributed by atoms with Gasteiger partial charge in [0.2, 0.25) is 0 Å². The number of aromatic nitrogens is 2. The molecule has 0 aliphatic rings. The lowest BCUT2D eigenvalue weighted by atomic mass is 10.3. The van der Waals surface area contributed by atoms with Gasteiger partial charge in [0.15, 0.2) is 0 Å². The third kappa shape index (κ3) is 2.97. The van der Waals surface area contributed by atoms with Crippen LogP contribution in [0.1, 0.15) is 5.69 Å². The molecule has 0 spiro atoms. The molecule has 0 bridgehead atoms. The number of methoxy groups -OCH3 is 2. The van der Waals surface area contributed by atoms with E-state index in [1.54, 1.807) is 32.2 Å². The summed E-state index contributed by atoms with van der Waals surface area (Å²) in [6.07, 6.45) is 0. The molecule has 22 heavy (non-hydrogen) atoms. The van der Waals surface area contributed by atoms with Crippen LogP contribution in [0.5, 0.6) is 11.5 Å². The molecule has 1 heterocycles. The average Bonchev–Trinajstić information content (AvgIpc) is 2.72. The van der Waals surface area contributed by atoms with Crippen LogP contribution in [0.15, 0.2) is 23.1 Å². The molecule has 2 rings (SSSR count). The molecule has 0 aliphatic heterocycles. The van der Waals surface area contributed by atoms with Crippen LogP contribution in [0.4, 0.5) is 5.69 Å². The Morgan fingerprint density at radius 2 is 1.95 bits per heavy atom. The highest BCUT2D eigenvalue weighted by Gasteiger charge is 2.26. The summed E-state index contributed by atoms with van der Waals surface area (Å²) >= 11 is 6.02. The first-order chi connectivity index (χ1) is 10.3. The van der Waals surface area contributed by atoms with Gasteiger partial charge in [-0.25, -0.2) is 8.42 Å². The highest BCUT2D eigenvalue weighted by Crippen LogP contribution is 2.32. The number of halogens is 1. The van der Waals surface area contributed by atoms with E-state index in [0.29, 0.717) is 17.2 Å². The number of sulfonamides is 1. The lowest BCUT2D eigenvalue weighted by Crippen LogP contribution is -2.14. The minimum absolute atomic E-state index is 0.0393. The Hall–Kier alpha value is -1.93. The van der Waals surface area contributed by atoms with Crippen molar-refractivity contribution in [1.29, 1.82) is 0 Å². The summed E-state index contributed by atoms with van der Waals surface area (Å²) in [7, 11) is 0.630. The normalized spacial score (nSPS) is 11.3. The molecule has 0 amide bonds. The number of nitrogens with zero attached hydrogens (tertiary/aromatic N) is 2. The maximum absolute atomic E-state index is 12.5. The molecular weight excluding hydrogens is 330 g/mol. The molecular formula is C13H16ClN3O4S. The molecule has 0 atom stereocenters. The molecule has 9 heteroatoms. The molecule has 1 aromatic heterocycles.